The highest BCUT2D eigenvalue weighted by Crippen LogP contribution is 2.26. The lowest BCUT2D eigenvalue weighted by molar-refractivity contribution is 0.0518. The quantitative estimate of drug-likeness (QED) is 0.680. The van der Waals surface area contributed by atoms with Crippen LogP contribution in [0.2, 0.25) is 0 Å². The van der Waals surface area contributed by atoms with Gasteiger partial charge in [0.05, 0.1) is 17.0 Å². The molecule has 0 atom stereocenters. The summed E-state index contributed by atoms with van der Waals surface area (Å²) >= 11 is 0. The molecule has 0 fully saturated rings. The van der Waals surface area contributed by atoms with Gasteiger partial charge in [-0.1, -0.05) is 17.7 Å². The number of carbonyl (C=O) groups excluding carboxylic acids is 1. The van der Waals surface area contributed by atoms with E-state index >= 15 is 0 Å². The van der Waals surface area contributed by atoms with Gasteiger partial charge in [0, 0.05) is 17.8 Å². The smallest absolute Gasteiger partial charge is 0.356 e. The Balaban J connectivity index is 2.29. The Hall–Kier alpha value is -2.67. The lowest BCUT2D eigenvalue weighted by Crippen LogP contribution is -2.19. The Labute approximate surface area is 139 Å². The minimum atomic E-state index is -3.94. The molecule has 0 spiro atoms. The Morgan fingerprint density at radius 2 is 1.92 bits per heavy atom. The minimum absolute atomic E-state index is 0.0413. The summed E-state index contributed by atoms with van der Waals surface area (Å²) in [6.07, 6.45) is 3.00. The maximum absolute atomic E-state index is 13.1. The largest absolute Gasteiger partial charge is 0.461 e. The van der Waals surface area contributed by atoms with Crippen molar-refractivity contribution in [2.24, 2.45) is 0 Å². The van der Waals surface area contributed by atoms with Gasteiger partial charge in [-0.05, 0) is 38.1 Å². The molecule has 0 saturated carbocycles. The number of hydrogen-bond donors (Lipinski definition) is 0. The molecular formula is C17H16N2O4S. The molecule has 7 heteroatoms. The Bertz CT molecular complexity index is 1000. The maximum atomic E-state index is 13.1. The summed E-state index contributed by atoms with van der Waals surface area (Å²) in [5, 5.41) is 0.552. The summed E-state index contributed by atoms with van der Waals surface area (Å²) in [5.74, 6) is -0.690. The zero-order chi connectivity index (χ0) is 17.3. The number of carbonyl (C=O) groups is 1. The van der Waals surface area contributed by atoms with E-state index in [-0.39, 0.29) is 17.2 Å². The monoisotopic (exact) mass is 344 g/mol. The molecule has 0 aliphatic heterocycles. The number of aromatic nitrogens is 2. The normalized spacial score (nSPS) is 11.6. The number of nitrogens with zero attached hydrogens (tertiary/aromatic N) is 2. The van der Waals surface area contributed by atoms with Crippen LogP contribution in [0.25, 0.3) is 10.9 Å². The van der Waals surface area contributed by atoms with Crippen LogP contribution in [0.15, 0.2) is 53.7 Å². The molecule has 6 nitrogen and oxygen atoms in total. The van der Waals surface area contributed by atoms with Crippen LogP contribution >= 0.6 is 0 Å². The van der Waals surface area contributed by atoms with E-state index in [2.05, 4.69) is 4.98 Å². The van der Waals surface area contributed by atoms with E-state index < -0.39 is 16.0 Å². The molecule has 0 aliphatic carbocycles. The topological polar surface area (TPSA) is 78.3 Å². The first-order chi connectivity index (χ1) is 11.4. The third kappa shape index (κ3) is 2.67. The molecule has 0 N–H and O–H groups in total. The number of hydrogen-bond acceptors (Lipinski definition) is 5. The van der Waals surface area contributed by atoms with Crippen molar-refractivity contribution >= 4 is 26.9 Å². The lowest BCUT2D eigenvalue weighted by Gasteiger charge is -2.11. The third-order valence-electron chi connectivity index (χ3n) is 3.60. The van der Waals surface area contributed by atoms with Gasteiger partial charge in [0.15, 0.2) is 0 Å². The van der Waals surface area contributed by atoms with E-state index in [4.69, 9.17) is 4.74 Å². The number of aryl methyl sites for hydroxylation is 1. The van der Waals surface area contributed by atoms with Crippen LogP contribution in [0, 0.1) is 6.92 Å². The summed E-state index contributed by atoms with van der Waals surface area (Å²) in [4.78, 5) is 16.3. The molecule has 0 amide bonds. The first kappa shape index (κ1) is 16.2. The molecule has 0 aliphatic rings. The van der Waals surface area contributed by atoms with E-state index in [9.17, 15) is 13.2 Å². The number of esters is 1. The first-order valence-corrected chi connectivity index (χ1v) is 8.84. The van der Waals surface area contributed by atoms with E-state index in [1.54, 1.807) is 25.1 Å². The van der Waals surface area contributed by atoms with E-state index in [1.807, 2.05) is 6.92 Å². The van der Waals surface area contributed by atoms with Crippen LogP contribution < -0.4 is 0 Å². The molecule has 2 aromatic heterocycles. The Kier molecular flexibility index (Phi) is 4.11. The summed E-state index contributed by atoms with van der Waals surface area (Å²) in [6, 6.07) is 9.50. The molecule has 0 unspecified atom stereocenters. The molecule has 2 heterocycles. The predicted molar refractivity (Wildman–Crippen MR) is 89.5 cm³/mol. The molecular weight excluding hydrogens is 328 g/mol. The first-order valence-electron chi connectivity index (χ1n) is 7.40. The highest BCUT2D eigenvalue weighted by atomic mass is 32.2. The van der Waals surface area contributed by atoms with Crippen LogP contribution in [0.5, 0.6) is 0 Å². The fraction of sp³-hybridized carbons (Fsp3) is 0.176. The van der Waals surface area contributed by atoms with Gasteiger partial charge in [0.2, 0.25) is 0 Å². The second kappa shape index (κ2) is 6.09. The van der Waals surface area contributed by atoms with Gasteiger partial charge in [-0.15, -0.1) is 0 Å². The molecule has 0 saturated heterocycles. The molecule has 0 radical (unpaired) electrons. The zero-order valence-corrected chi connectivity index (χ0v) is 14.1. The summed E-state index contributed by atoms with van der Waals surface area (Å²) in [6.45, 7) is 3.70. The summed E-state index contributed by atoms with van der Waals surface area (Å²) < 4.78 is 32.2. The zero-order valence-electron chi connectivity index (χ0n) is 13.3. The van der Waals surface area contributed by atoms with E-state index in [1.165, 1.54) is 30.6 Å². The van der Waals surface area contributed by atoms with Gasteiger partial charge in [0.1, 0.15) is 5.69 Å². The van der Waals surface area contributed by atoms with E-state index in [0.29, 0.717) is 10.9 Å². The van der Waals surface area contributed by atoms with Crippen LogP contribution in [0.4, 0.5) is 0 Å². The SMILES string of the molecule is CCOC(=O)c1cc2cnccc2n1S(=O)(=O)c1ccc(C)cc1. The number of fused-ring (bicyclic) bond motifs is 1. The Morgan fingerprint density at radius 3 is 2.58 bits per heavy atom. The van der Waals surface area contributed by atoms with Crippen LogP contribution in [0.1, 0.15) is 23.0 Å². The van der Waals surface area contributed by atoms with Crippen molar-refractivity contribution in [3.05, 3.63) is 60.0 Å². The van der Waals surface area contributed by atoms with Crippen LogP contribution in [-0.2, 0) is 14.8 Å². The van der Waals surface area contributed by atoms with Gasteiger partial charge >= 0.3 is 5.97 Å². The average Bonchev–Trinajstić information content (AvgIpc) is 2.96. The number of ether oxygens (including phenoxy) is 1. The minimum Gasteiger partial charge on any atom is -0.461 e. The predicted octanol–water partition coefficient (Wildman–Crippen LogP) is 2.76. The van der Waals surface area contributed by atoms with Gasteiger partial charge in [-0.2, -0.15) is 0 Å². The van der Waals surface area contributed by atoms with Crippen LogP contribution in [-0.4, -0.2) is 30.0 Å². The van der Waals surface area contributed by atoms with Crippen molar-refractivity contribution in [2.45, 2.75) is 18.7 Å². The molecule has 0 bridgehead atoms. The number of pyridine rings is 1. The van der Waals surface area contributed by atoms with Crippen LogP contribution in [0.3, 0.4) is 0 Å². The molecule has 3 aromatic rings. The van der Waals surface area contributed by atoms with Crippen molar-refractivity contribution in [2.75, 3.05) is 6.61 Å². The molecule has 124 valence electrons. The van der Waals surface area contributed by atoms with Gasteiger partial charge in [0.25, 0.3) is 10.0 Å². The fourth-order valence-corrected chi connectivity index (χ4v) is 3.95. The fourth-order valence-electron chi connectivity index (χ4n) is 2.45. The van der Waals surface area contributed by atoms with Crippen molar-refractivity contribution in [1.82, 2.24) is 8.96 Å². The summed E-state index contributed by atoms with van der Waals surface area (Å²) in [7, 11) is -3.94. The average molecular weight is 344 g/mol. The Morgan fingerprint density at radius 1 is 1.21 bits per heavy atom. The van der Waals surface area contributed by atoms with Gasteiger partial charge in [-0.25, -0.2) is 17.2 Å². The highest BCUT2D eigenvalue weighted by molar-refractivity contribution is 7.90. The second-order valence-electron chi connectivity index (χ2n) is 5.27. The maximum Gasteiger partial charge on any atom is 0.356 e. The van der Waals surface area contributed by atoms with Crippen molar-refractivity contribution in [1.29, 1.82) is 0 Å². The molecule has 1 aromatic carbocycles. The standard InChI is InChI=1S/C17H16N2O4S/c1-3-23-17(20)16-10-13-11-18-9-8-15(13)19(16)24(21,22)14-6-4-12(2)5-7-14/h4-11H,3H2,1-2H3. The summed E-state index contributed by atoms with van der Waals surface area (Å²) in [5.41, 5.74) is 1.29. The van der Waals surface area contributed by atoms with Gasteiger partial charge < -0.3 is 4.74 Å². The van der Waals surface area contributed by atoms with Gasteiger partial charge in [-0.3, -0.25) is 4.98 Å². The van der Waals surface area contributed by atoms with E-state index in [0.717, 1.165) is 9.54 Å². The molecule has 24 heavy (non-hydrogen) atoms. The molecule has 3 rings (SSSR count). The van der Waals surface area contributed by atoms with Crippen molar-refractivity contribution < 1.29 is 17.9 Å². The number of benzene rings is 1. The second-order valence-corrected chi connectivity index (χ2v) is 7.05. The lowest BCUT2D eigenvalue weighted by atomic mass is 10.2. The number of rotatable bonds is 4. The third-order valence-corrected chi connectivity index (χ3v) is 5.34. The van der Waals surface area contributed by atoms with Crippen molar-refractivity contribution in [3.8, 4) is 0 Å². The highest BCUT2D eigenvalue weighted by Gasteiger charge is 2.27. The van der Waals surface area contributed by atoms with Crippen molar-refractivity contribution in [3.63, 3.8) is 0 Å².